The minimum atomic E-state index is -1.25. The van der Waals surface area contributed by atoms with Crippen molar-refractivity contribution in [3.8, 4) is 6.07 Å². The summed E-state index contributed by atoms with van der Waals surface area (Å²) in [6.07, 6.45) is -0.857. The lowest BCUT2D eigenvalue weighted by molar-refractivity contribution is -0.143. The Morgan fingerprint density at radius 2 is 1.92 bits per heavy atom. The molecule has 3 N–H and O–H groups in total. The molecule has 1 aliphatic rings. The van der Waals surface area contributed by atoms with Gasteiger partial charge in [0, 0.05) is 17.3 Å². The lowest BCUT2D eigenvalue weighted by Gasteiger charge is -2.23. The van der Waals surface area contributed by atoms with E-state index in [1.165, 1.54) is 0 Å². The Hall–Kier alpha value is -3.11. The van der Waals surface area contributed by atoms with Gasteiger partial charge in [0.1, 0.15) is 0 Å². The number of amides is 2. The van der Waals surface area contributed by atoms with Gasteiger partial charge in [0.2, 0.25) is 0 Å². The molecule has 2 aromatic carbocycles. The first-order valence-corrected chi connectivity index (χ1v) is 7.43. The van der Waals surface area contributed by atoms with E-state index in [2.05, 4.69) is 11.4 Å². The summed E-state index contributed by atoms with van der Waals surface area (Å²) in [4.78, 5) is 24.8. The maximum atomic E-state index is 12.4. The topological polar surface area (TPSA) is 114 Å². The molecule has 0 aromatic heterocycles. The van der Waals surface area contributed by atoms with Crippen molar-refractivity contribution in [3.63, 3.8) is 0 Å². The van der Waals surface area contributed by atoms with Crippen LogP contribution in [0.4, 0.5) is 10.5 Å². The number of urea groups is 1. The molecule has 0 saturated carbocycles. The second-order valence-electron chi connectivity index (χ2n) is 5.58. The fourth-order valence-electron chi connectivity index (χ4n) is 2.99. The molecular weight excluding hydrogens is 310 g/mol. The molecule has 7 heteroatoms. The van der Waals surface area contributed by atoms with Crippen molar-refractivity contribution >= 4 is 28.5 Å². The van der Waals surface area contributed by atoms with E-state index in [9.17, 15) is 19.8 Å². The lowest BCUT2D eigenvalue weighted by Crippen LogP contribution is -2.46. The SMILES string of the molecule is N#Cc1ccc(NC(=O)N2CC[C@@H](O)[C@H]2C(=O)O)c2ccccc12. The molecule has 0 bridgehead atoms. The number of aliphatic hydroxyl groups is 1. The number of nitrogens with one attached hydrogen (secondary N) is 1. The molecule has 0 radical (unpaired) electrons. The molecule has 0 spiro atoms. The van der Waals surface area contributed by atoms with E-state index in [-0.39, 0.29) is 13.0 Å². The molecule has 2 atom stereocenters. The first-order chi connectivity index (χ1) is 11.5. The highest BCUT2D eigenvalue weighted by atomic mass is 16.4. The van der Waals surface area contributed by atoms with Gasteiger partial charge < -0.3 is 20.4 Å². The Labute approximate surface area is 137 Å². The summed E-state index contributed by atoms with van der Waals surface area (Å²) < 4.78 is 0. The number of aliphatic carboxylic acids is 1. The monoisotopic (exact) mass is 325 g/mol. The number of fused-ring (bicyclic) bond motifs is 1. The van der Waals surface area contributed by atoms with Crippen LogP contribution in [0.3, 0.4) is 0 Å². The zero-order chi connectivity index (χ0) is 17.3. The largest absolute Gasteiger partial charge is 0.480 e. The second kappa shape index (κ2) is 6.18. The zero-order valence-electron chi connectivity index (χ0n) is 12.6. The van der Waals surface area contributed by atoms with Gasteiger partial charge in [-0.3, -0.25) is 0 Å². The van der Waals surface area contributed by atoms with Crippen molar-refractivity contribution < 1.29 is 19.8 Å². The molecule has 0 aliphatic carbocycles. The van der Waals surface area contributed by atoms with Gasteiger partial charge in [0.25, 0.3) is 0 Å². The van der Waals surface area contributed by atoms with Crippen molar-refractivity contribution in [3.05, 3.63) is 42.0 Å². The van der Waals surface area contributed by atoms with Crippen molar-refractivity contribution in [2.75, 3.05) is 11.9 Å². The number of carboxylic acids is 1. The van der Waals surface area contributed by atoms with Gasteiger partial charge in [-0.15, -0.1) is 0 Å². The molecule has 3 rings (SSSR count). The van der Waals surface area contributed by atoms with Crippen LogP contribution in [-0.2, 0) is 4.79 Å². The number of carboxylic acid groups (broad SMARTS) is 1. The van der Waals surface area contributed by atoms with E-state index in [4.69, 9.17) is 5.26 Å². The van der Waals surface area contributed by atoms with Crippen LogP contribution in [0.1, 0.15) is 12.0 Å². The predicted octanol–water partition coefficient (Wildman–Crippen LogP) is 1.76. The van der Waals surface area contributed by atoms with Gasteiger partial charge in [-0.05, 0) is 18.6 Å². The third-order valence-corrected chi connectivity index (χ3v) is 4.17. The fourth-order valence-corrected chi connectivity index (χ4v) is 2.99. The van der Waals surface area contributed by atoms with Gasteiger partial charge >= 0.3 is 12.0 Å². The number of nitriles is 1. The summed E-state index contributed by atoms with van der Waals surface area (Å²) in [6.45, 7) is 0.165. The number of anilines is 1. The van der Waals surface area contributed by atoms with Gasteiger partial charge in [0.15, 0.2) is 6.04 Å². The number of rotatable bonds is 2. The maximum absolute atomic E-state index is 12.4. The number of carbonyl (C=O) groups is 2. The van der Waals surface area contributed by atoms with Crippen LogP contribution in [0, 0.1) is 11.3 Å². The Kier molecular flexibility index (Phi) is 4.06. The summed E-state index contributed by atoms with van der Waals surface area (Å²) in [5.41, 5.74) is 0.976. The van der Waals surface area contributed by atoms with Crippen LogP contribution in [0.15, 0.2) is 36.4 Å². The van der Waals surface area contributed by atoms with Gasteiger partial charge in [-0.1, -0.05) is 24.3 Å². The minimum absolute atomic E-state index is 0.165. The van der Waals surface area contributed by atoms with Crippen molar-refractivity contribution in [1.82, 2.24) is 4.90 Å². The molecule has 7 nitrogen and oxygen atoms in total. The first-order valence-electron chi connectivity index (χ1n) is 7.43. The molecule has 1 fully saturated rings. The van der Waals surface area contributed by atoms with Crippen LogP contribution >= 0.6 is 0 Å². The van der Waals surface area contributed by atoms with Crippen molar-refractivity contribution in [1.29, 1.82) is 5.26 Å². The normalized spacial score (nSPS) is 19.9. The first kappa shape index (κ1) is 15.8. The van der Waals surface area contributed by atoms with E-state index in [0.29, 0.717) is 22.0 Å². The van der Waals surface area contributed by atoms with E-state index < -0.39 is 24.1 Å². The van der Waals surface area contributed by atoms with Crippen molar-refractivity contribution in [2.24, 2.45) is 0 Å². The molecule has 2 aromatic rings. The number of nitrogens with zero attached hydrogens (tertiary/aromatic N) is 2. The molecule has 2 amide bonds. The molecular formula is C17H15N3O4. The van der Waals surface area contributed by atoms with E-state index in [0.717, 1.165) is 4.90 Å². The third kappa shape index (κ3) is 2.64. The second-order valence-corrected chi connectivity index (χ2v) is 5.58. The summed E-state index contributed by atoms with van der Waals surface area (Å²) in [5.74, 6) is -1.24. The quantitative estimate of drug-likeness (QED) is 0.778. The number of likely N-dealkylation sites (tertiary alicyclic amines) is 1. The van der Waals surface area contributed by atoms with Gasteiger partial charge in [-0.2, -0.15) is 5.26 Å². The van der Waals surface area contributed by atoms with Crippen LogP contribution in [0.25, 0.3) is 10.8 Å². The summed E-state index contributed by atoms with van der Waals surface area (Å²) in [7, 11) is 0. The van der Waals surface area contributed by atoms with E-state index >= 15 is 0 Å². The summed E-state index contributed by atoms with van der Waals surface area (Å²) in [6, 6.07) is 10.6. The van der Waals surface area contributed by atoms with Crippen LogP contribution in [-0.4, -0.2) is 45.8 Å². The zero-order valence-corrected chi connectivity index (χ0v) is 12.6. The highest BCUT2D eigenvalue weighted by Crippen LogP contribution is 2.27. The minimum Gasteiger partial charge on any atom is -0.480 e. The highest BCUT2D eigenvalue weighted by Gasteiger charge is 2.41. The van der Waals surface area contributed by atoms with E-state index in [1.807, 2.05) is 0 Å². The number of carbonyl (C=O) groups excluding carboxylic acids is 1. The Morgan fingerprint density at radius 1 is 1.21 bits per heavy atom. The lowest BCUT2D eigenvalue weighted by atomic mass is 10.0. The number of benzene rings is 2. The average Bonchev–Trinajstić information content (AvgIpc) is 2.97. The van der Waals surface area contributed by atoms with Gasteiger partial charge in [-0.25, -0.2) is 9.59 Å². The van der Waals surface area contributed by atoms with Crippen LogP contribution in [0.5, 0.6) is 0 Å². The van der Waals surface area contributed by atoms with Crippen LogP contribution < -0.4 is 5.32 Å². The molecule has 0 unspecified atom stereocenters. The summed E-state index contributed by atoms with van der Waals surface area (Å²) in [5, 5.41) is 32.2. The molecule has 1 saturated heterocycles. The fraction of sp³-hybridized carbons (Fsp3) is 0.235. The maximum Gasteiger partial charge on any atom is 0.329 e. The van der Waals surface area contributed by atoms with Crippen molar-refractivity contribution in [2.45, 2.75) is 18.6 Å². The standard InChI is InChI=1S/C17H15N3O4/c18-9-10-5-6-13(12-4-2-1-3-11(10)12)19-17(24)20-8-7-14(21)15(20)16(22)23/h1-6,14-15,21H,7-8H2,(H,19,24)(H,22,23)/t14-,15+/m1/s1. The molecule has 1 aliphatic heterocycles. The smallest absolute Gasteiger partial charge is 0.329 e. The Morgan fingerprint density at radius 3 is 2.58 bits per heavy atom. The number of aliphatic hydroxyl groups excluding tert-OH is 1. The van der Waals surface area contributed by atoms with E-state index in [1.54, 1.807) is 36.4 Å². The highest BCUT2D eigenvalue weighted by molar-refractivity contribution is 6.04. The average molecular weight is 325 g/mol. The molecule has 122 valence electrons. The number of hydrogen-bond acceptors (Lipinski definition) is 4. The summed E-state index contributed by atoms with van der Waals surface area (Å²) >= 11 is 0. The van der Waals surface area contributed by atoms with Crippen LogP contribution in [0.2, 0.25) is 0 Å². The predicted molar refractivity (Wildman–Crippen MR) is 86.4 cm³/mol. The molecule has 24 heavy (non-hydrogen) atoms. The molecule has 1 heterocycles. The number of hydrogen-bond donors (Lipinski definition) is 3. The Bertz CT molecular complexity index is 859. The third-order valence-electron chi connectivity index (χ3n) is 4.17. The van der Waals surface area contributed by atoms with Gasteiger partial charge in [0.05, 0.1) is 23.4 Å². The Balaban J connectivity index is 1.92.